The Labute approximate surface area is 189 Å². The Morgan fingerprint density at radius 3 is 1.78 bits per heavy atom. The molecule has 10 nitrogen and oxygen atoms in total. The van der Waals surface area contributed by atoms with E-state index in [0.717, 1.165) is 32.1 Å². The van der Waals surface area contributed by atoms with E-state index in [2.05, 4.69) is 6.92 Å². The van der Waals surface area contributed by atoms with E-state index in [-0.39, 0.29) is 6.61 Å². The number of carbonyl (C=O) groups is 4. The molecular weight excluding hydrogens is 424 g/mol. The van der Waals surface area contributed by atoms with Crippen LogP contribution in [-0.2, 0) is 47.6 Å². The highest BCUT2D eigenvalue weighted by Gasteiger charge is 2.52. The van der Waals surface area contributed by atoms with Crippen LogP contribution in [0.4, 0.5) is 0 Å². The van der Waals surface area contributed by atoms with Crippen LogP contribution < -0.4 is 0 Å². The van der Waals surface area contributed by atoms with Gasteiger partial charge in [-0.15, -0.1) is 0 Å². The van der Waals surface area contributed by atoms with E-state index in [1.165, 1.54) is 34.1 Å². The van der Waals surface area contributed by atoms with Gasteiger partial charge in [-0.05, 0) is 6.42 Å². The molecule has 0 spiro atoms. The molecule has 0 bridgehead atoms. The summed E-state index contributed by atoms with van der Waals surface area (Å²) in [6.07, 6.45) is 0.641. The molecule has 10 heteroatoms. The summed E-state index contributed by atoms with van der Waals surface area (Å²) in [5, 5.41) is 0. The minimum Gasteiger partial charge on any atom is -0.463 e. The molecule has 1 rings (SSSR count). The number of ether oxygens (including phenoxy) is 6. The molecule has 1 fully saturated rings. The van der Waals surface area contributed by atoms with E-state index >= 15 is 0 Å². The summed E-state index contributed by atoms with van der Waals surface area (Å²) in [5.41, 5.74) is 0. The second-order valence-corrected chi connectivity index (χ2v) is 7.71. The van der Waals surface area contributed by atoms with E-state index in [4.69, 9.17) is 28.4 Å². The average Bonchev–Trinajstić information content (AvgIpc) is 2.68. The second kappa shape index (κ2) is 14.8. The van der Waals surface area contributed by atoms with Crippen LogP contribution in [0, 0.1) is 0 Å². The lowest BCUT2D eigenvalue weighted by atomic mass is 9.98. The summed E-state index contributed by atoms with van der Waals surface area (Å²) in [4.78, 5) is 46.5. The van der Waals surface area contributed by atoms with E-state index < -0.39 is 54.6 Å². The van der Waals surface area contributed by atoms with Gasteiger partial charge in [-0.1, -0.05) is 39.0 Å². The molecule has 1 aliphatic heterocycles. The van der Waals surface area contributed by atoms with Gasteiger partial charge in [0.2, 0.25) is 0 Å². The Bertz CT molecular complexity index is 620. The molecule has 184 valence electrons. The maximum absolute atomic E-state index is 11.8. The van der Waals surface area contributed by atoms with Gasteiger partial charge in [-0.25, -0.2) is 0 Å². The van der Waals surface area contributed by atoms with Gasteiger partial charge in [0.25, 0.3) is 0 Å². The van der Waals surface area contributed by atoms with Gasteiger partial charge < -0.3 is 28.4 Å². The zero-order valence-electron chi connectivity index (χ0n) is 19.6. The molecule has 1 heterocycles. The Morgan fingerprint density at radius 2 is 1.22 bits per heavy atom. The number of rotatable bonds is 13. The fourth-order valence-corrected chi connectivity index (χ4v) is 3.40. The van der Waals surface area contributed by atoms with Gasteiger partial charge in [0.1, 0.15) is 12.7 Å². The van der Waals surface area contributed by atoms with Crippen LogP contribution in [0.2, 0.25) is 0 Å². The highest BCUT2D eigenvalue weighted by molar-refractivity contribution is 5.68. The Kier molecular flexibility index (Phi) is 12.9. The first-order valence-electron chi connectivity index (χ1n) is 11.1. The molecule has 0 aromatic heterocycles. The van der Waals surface area contributed by atoms with Crippen LogP contribution in [0.15, 0.2) is 0 Å². The Morgan fingerprint density at radius 1 is 0.688 bits per heavy atom. The minimum absolute atomic E-state index is 0.269. The van der Waals surface area contributed by atoms with Crippen molar-refractivity contribution < 1.29 is 47.6 Å². The van der Waals surface area contributed by atoms with Crippen molar-refractivity contribution in [1.82, 2.24) is 0 Å². The van der Waals surface area contributed by atoms with Gasteiger partial charge in [0, 0.05) is 34.3 Å². The molecule has 0 aromatic rings. The SMILES string of the molecule is CCCCCCCCO[C@H]1O[C@H](COC(C)=O)[C@@H](OC(C)=O)[C@H](OC(C)=O)[C@H]1OC(C)=O. The lowest BCUT2D eigenvalue weighted by Gasteiger charge is -2.44. The molecule has 0 aliphatic carbocycles. The number of hydrogen-bond donors (Lipinski definition) is 0. The molecule has 1 saturated heterocycles. The standard InChI is InChI=1S/C22H36O10/c1-6-7-8-9-10-11-12-27-22-21(31-17(5)26)20(30-16(4)25)19(29-15(3)24)18(32-22)13-28-14(2)23/h18-22H,6-13H2,1-5H3/t18-,19-,20+,21-,22+/m1/s1. The van der Waals surface area contributed by atoms with Crippen LogP contribution in [0.1, 0.15) is 73.1 Å². The zero-order chi connectivity index (χ0) is 24.1. The molecule has 0 unspecified atom stereocenters. The summed E-state index contributed by atoms with van der Waals surface area (Å²) in [6.45, 7) is 6.97. The first-order chi connectivity index (χ1) is 15.1. The fraction of sp³-hybridized carbons (Fsp3) is 0.818. The maximum Gasteiger partial charge on any atom is 0.303 e. The zero-order valence-corrected chi connectivity index (χ0v) is 19.6. The van der Waals surface area contributed by atoms with Crippen molar-refractivity contribution in [1.29, 1.82) is 0 Å². The normalized spacial score (nSPS) is 25.0. The van der Waals surface area contributed by atoms with Crippen molar-refractivity contribution in [3.63, 3.8) is 0 Å². The van der Waals surface area contributed by atoms with Crippen molar-refractivity contribution in [3.05, 3.63) is 0 Å². The predicted molar refractivity (Wildman–Crippen MR) is 111 cm³/mol. The predicted octanol–water partition coefficient (Wildman–Crippen LogP) is 2.45. The van der Waals surface area contributed by atoms with Gasteiger partial charge in [0.15, 0.2) is 24.6 Å². The average molecular weight is 461 g/mol. The highest BCUT2D eigenvalue weighted by Crippen LogP contribution is 2.30. The van der Waals surface area contributed by atoms with Gasteiger partial charge in [0.05, 0.1) is 0 Å². The smallest absolute Gasteiger partial charge is 0.303 e. The van der Waals surface area contributed by atoms with E-state index in [1.54, 1.807) is 0 Å². The fourth-order valence-electron chi connectivity index (χ4n) is 3.40. The molecule has 0 N–H and O–H groups in total. The molecule has 5 atom stereocenters. The van der Waals surface area contributed by atoms with Crippen LogP contribution >= 0.6 is 0 Å². The lowest BCUT2D eigenvalue weighted by molar-refractivity contribution is -0.308. The van der Waals surface area contributed by atoms with E-state index in [9.17, 15) is 19.2 Å². The molecule has 32 heavy (non-hydrogen) atoms. The maximum atomic E-state index is 11.8. The third kappa shape index (κ3) is 10.4. The van der Waals surface area contributed by atoms with Crippen molar-refractivity contribution in [3.8, 4) is 0 Å². The summed E-state index contributed by atoms with van der Waals surface area (Å²) in [5.74, 6) is -2.56. The number of esters is 4. The van der Waals surface area contributed by atoms with Crippen LogP contribution in [-0.4, -0.2) is 67.8 Å². The summed E-state index contributed by atoms with van der Waals surface area (Å²) in [6, 6.07) is 0. The third-order valence-corrected chi connectivity index (χ3v) is 4.73. The van der Waals surface area contributed by atoms with Crippen LogP contribution in [0.3, 0.4) is 0 Å². The van der Waals surface area contributed by atoms with Crippen LogP contribution in [0.25, 0.3) is 0 Å². The van der Waals surface area contributed by atoms with Crippen molar-refractivity contribution >= 4 is 23.9 Å². The largest absolute Gasteiger partial charge is 0.463 e. The van der Waals surface area contributed by atoms with Crippen molar-refractivity contribution in [2.45, 2.75) is 104 Å². The first kappa shape index (κ1) is 27.8. The summed E-state index contributed by atoms with van der Waals surface area (Å²) in [7, 11) is 0. The van der Waals surface area contributed by atoms with E-state index in [1.807, 2.05) is 0 Å². The molecule has 0 saturated carbocycles. The number of carbonyl (C=O) groups excluding carboxylic acids is 4. The Hall–Kier alpha value is -2.20. The summed E-state index contributed by atoms with van der Waals surface area (Å²) >= 11 is 0. The second-order valence-electron chi connectivity index (χ2n) is 7.71. The number of unbranched alkanes of at least 4 members (excludes halogenated alkanes) is 5. The van der Waals surface area contributed by atoms with Gasteiger partial charge >= 0.3 is 23.9 Å². The third-order valence-electron chi connectivity index (χ3n) is 4.73. The topological polar surface area (TPSA) is 124 Å². The van der Waals surface area contributed by atoms with Crippen molar-refractivity contribution in [2.75, 3.05) is 13.2 Å². The van der Waals surface area contributed by atoms with E-state index in [0.29, 0.717) is 6.61 Å². The van der Waals surface area contributed by atoms with Gasteiger partial charge in [-0.3, -0.25) is 19.2 Å². The van der Waals surface area contributed by atoms with Crippen molar-refractivity contribution in [2.24, 2.45) is 0 Å². The highest BCUT2D eigenvalue weighted by atomic mass is 16.7. The van der Waals surface area contributed by atoms with Crippen LogP contribution in [0.5, 0.6) is 0 Å². The molecule has 0 radical (unpaired) electrons. The molecule has 0 amide bonds. The molecular formula is C22H36O10. The quantitative estimate of drug-likeness (QED) is 0.230. The first-order valence-corrected chi connectivity index (χ1v) is 11.1. The molecule has 1 aliphatic rings. The minimum atomic E-state index is -1.20. The Balaban J connectivity index is 3.01. The molecule has 0 aromatic carbocycles. The lowest BCUT2D eigenvalue weighted by Crippen LogP contribution is -2.63. The number of hydrogen-bond acceptors (Lipinski definition) is 10. The summed E-state index contributed by atoms with van der Waals surface area (Å²) < 4.78 is 32.8. The van der Waals surface area contributed by atoms with Gasteiger partial charge in [-0.2, -0.15) is 0 Å². The monoisotopic (exact) mass is 460 g/mol.